The Bertz CT molecular complexity index is 1050. The average molecular weight is 414 g/mol. The lowest BCUT2D eigenvalue weighted by Gasteiger charge is -2.34. The van der Waals surface area contributed by atoms with Crippen LogP contribution in [0.3, 0.4) is 0 Å². The van der Waals surface area contributed by atoms with Crippen LogP contribution in [0.4, 0.5) is 14.6 Å². The summed E-state index contributed by atoms with van der Waals surface area (Å²) in [5.41, 5.74) is 0.535. The number of carbonyl (C=O) groups excluding carboxylic acids is 1. The number of hydrogen-bond donors (Lipinski definition) is 1. The van der Waals surface area contributed by atoms with E-state index < -0.39 is 11.5 Å². The molecule has 9 heteroatoms. The van der Waals surface area contributed by atoms with Gasteiger partial charge in [0.15, 0.2) is 23.1 Å². The number of aromatic nitrogens is 3. The number of halogens is 2. The first-order valence-electron chi connectivity index (χ1n) is 9.34. The molecule has 0 spiro atoms. The minimum atomic E-state index is -1.42. The van der Waals surface area contributed by atoms with Crippen LogP contribution < -0.4 is 10.1 Å². The van der Waals surface area contributed by atoms with Gasteiger partial charge < -0.3 is 14.8 Å². The van der Waals surface area contributed by atoms with Crippen LogP contribution >= 0.6 is 0 Å². The molecule has 3 aromatic rings. The third-order valence-electron chi connectivity index (χ3n) is 4.84. The van der Waals surface area contributed by atoms with Gasteiger partial charge in [-0.15, -0.1) is 5.10 Å². The summed E-state index contributed by atoms with van der Waals surface area (Å²) in [5, 5.41) is 10.9. The highest BCUT2D eigenvalue weighted by Gasteiger charge is 2.40. The quantitative estimate of drug-likeness (QED) is 0.643. The van der Waals surface area contributed by atoms with E-state index in [9.17, 15) is 13.6 Å². The summed E-state index contributed by atoms with van der Waals surface area (Å²) in [6.07, 6.45) is 1.54. The third kappa shape index (κ3) is 4.30. The van der Waals surface area contributed by atoms with Crippen molar-refractivity contribution in [1.29, 1.82) is 0 Å². The summed E-state index contributed by atoms with van der Waals surface area (Å²) in [6.45, 7) is 0.365. The zero-order valence-electron chi connectivity index (χ0n) is 16.3. The predicted molar refractivity (Wildman–Crippen MR) is 104 cm³/mol. The Kier molecular flexibility index (Phi) is 5.45. The molecule has 156 valence electrons. The summed E-state index contributed by atoms with van der Waals surface area (Å²) in [7, 11) is 1.40. The van der Waals surface area contributed by atoms with E-state index in [2.05, 4.69) is 15.5 Å². The Morgan fingerprint density at radius 1 is 1.23 bits per heavy atom. The second kappa shape index (κ2) is 8.19. The summed E-state index contributed by atoms with van der Waals surface area (Å²) in [6, 6.07) is 11.4. The van der Waals surface area contributed by atoms with Crippen LogP contribution in [0, 0.1) is 5.82 Å². The number of benzene rings is 2. The van der Waals surface area contributed by atoms with E-state index >= 15 is 0 Å². The van der Waals surface area contributed by atoms with Gasteiger partial charge in [-0.3, -0.25) is 4.79 Å². The minimum Gasteiger partial charge on any atom is -0.494 e. The molecule has 0 bridgehead atoms. The Balaban J connectivity index is 1.33. The molecule has 2 aromatic carbocycles. The molecule has 30 heavy (non-hydrogen) atoms. The normalized spacial score (nSPS) is 14.8. The van der Waals surface area contributed by atoms with E-state index in [-0.39, 0.29) is 37.8 Å². The fraction of sp³-hybridized carbons (Fsp3) is 0.286. The maximum absolute atomic E-state index is 14.3. The molecular formula is C21H20F2N4O3. The number of rotatable bonds is 7. The zero-order valence-corrected chi connectivity index (χ0v) is 16.3. The molecule has 1 amide bonds. The molecule has 0 saturated carbocycles. The van der Waals surface area contributed by atoms with Crippen LogP contribution in [0.15, 0.2) is 48.7 Å². The highest BCUT2D eigenvalue weighted by Crippen LogP contribution is 2.33. The highest BCUT2D eigenvalue weighted by atomic mass is 19.1. The van der Waals surface area contributed by atoms with Crippen LogP contribution in [0.5, 0.6) is 5.75 Å². The van der Waals surface area contributed by atoms with Crippen molar-refractivity contribution in [1.82, 2.24) is 15.0 Å². The van der Waals surface area contributed by atoms with Crippen molar-refractivity contribution in [3.8, 4) is 5.75 Å². The number of alkyl halides is 1. The van der Waals surface area contributed by atoms with E-state index in [1.54, 1.807) is 30.3 Å². The Morgan fingerprint density at radius 3 is 2.60 bits per heavy atom. The lowest BCUT2D eigenvalue weighted by atomic mass is 9.93. The summed E-state index contributed by atoms with van der Waals surface area (Å²) in [4.78, 5) is 13.6. The molecule has 0 atom stereocenters. The molecule has 0 radical (unpaired) electrons. The number of nitrogens with zero attached hydrogens (tertiary/aromatic N) is 3. The standard InChI is InChI=1S/C21H20F2N4O3/c1-29-18-7-4-15(8-17(18)22)11-27-24-10-19(26-27)25-20(28)9-14-2-5-16(6-3-14)21(23)12-30-13-21/h2-8,10H,9,11-13H2,1H3,(H,25,26,28). The van der Waals surface area contributed by atoms with Gasteiger partial charge in [-0.2, -0.15) is 9.90 Å². The second-order valence-corrected chi connectivity index (χ2v) is 7.11. The van der Waals surface area contributed by atoms with Gasteiger partial charge in [0.1, 0.15) is 0 Å². The number of nitrogens with one attached hydrogen (secondary N) is 1. The Hall–Kier alpha value is -3.33. The zero-order chi connectivity index (χ0) is 21.1. The van der Waals surface area contributed by atoms with E-state index in [0.717, 1.165) is 5.56 Å². The van der Waals surface area contributed by atoms with Gasteiger partial charge in [-0.25, -0.2) is 8.78 Å². The number of hydrogen-bond acceptors (Lipinski definition) is 5. The van der Waals surface area contributed by atoms with Crippen molar-refractivity contribution in [2.75, 3.05) is 25.6 Å². The van der Waals surface area contributed by atoms with Crippen LogP contribution in [-0.2, 0) is 28.2 Å². The monoisotopic (exact) mass is 414 g/mol. The molecule has 1 aliphatic rings. The average Bonchev–Trinajstić information content (AvgIpc) is 3.13. The summed E-state index contributed by atoms with van der Waals surface area (Å²) in [5.74, 6) is -0.284. The first kappa shape index (κ1) is 20.0. The first-order valence-corrected chi connectivity index (χ1v) is 9.34. The molecule has 1 aromatic heterocycles. The number of ether oxygens (including phenoxy) is 2. The van der Waals surface area contributed by atoms with Gasteiger partial charge >= 0.3 is 0 Å². The van der Waals surface area contributed by atoms with Crippen LogP contribution in [0.1, 0.15) is 16.7 Å². The number of amides is 1. The largest absolute Gasteiger partial charge is 0.494 e. The van der Waals surface area contributed by atoms with Crippen LogP contribution in [-0.4, -0.2) is 41.2 Å². The van der Waals surface area contributed by atoms with E-state index in [1.165, 1.54) is 30.2 Å². The van der Waals surface area contributed by atoms with E-state index in [1.807, 2.05) is 0 Å². The van der Waals surface area contributed by atoms with Crippen LogP contribution in [0.2, 0.25) is 0 Å². The molecule has 2 heterocycles. The number of carbonyl (C=O) groups is 1. The molecule has 1 aliphatic heterocycles. The fourth-order valence-electron chi connectivity index (χ4n) is 3.14. The topological polar surface area (TPSA) is 78.3 Å². The summed E-state index contributed by atoms with van der Waals surface area (Å²) >= 11 is 0. The van der Waals surface area contributed by atoms with E-state index in [4.69, 9.17) is 9.47 Å². The third-order valence-corrected chi connectivity index (χ3v) is 4.84. The first-order chi connectivity index (χ1) is 14.4. The Morgan fingerprint density at radius 2 is 1.97 bits per heavy atom. The molecular weight excluding hydrogens is 394 g/mol. The van der Waals surface area contributed by atoms with Crippen molar-refractivity contribution in [3.05, 3.63) is 71.2 Å². The van der Waals surface area contributed by atoms with Crippen molar-refractivity contribution >= 4 is 11.7 Å². The van der Waals surface area contributed by atoms with Gasteiger partial charge in [-0.1, -0.05) is 30.3 Å². The minimum absolute atomic E-state index is 0.0612. The maximum atomic E-state index is 14.3. The van der Waals surface area contributed by atoms with Gasteiger partial charge in [0.25, 0.3) is 0 Å². The van der Waals surface area contributed by atoms with Crippen molar-refractivity contribution < 1.29 is 23.0 Å². The number of methoxy groups -OCH3 is 1. The molecule has 1 fully saturated rings. The second-order valence-electron chi connectivity index (χ2n) is 7.11. The van der Waals surface area contributed by atoms with Gasteiger partial charge in [-0.05, 0) is 28.8 Å². The molecule has 1 N–H and O–H groups in total. The lowest BCUT2D eigenvalue weighted by Crippen LogP contribution is -2.42. The molecule has 1 saturated heterocycles. The van der Waals surface area contributed by atoms with Crippen molar-refractivity contribution in [3.63, 3.8) is 0 Å². The maximum Gasteiger partial charge on any atom is 0.230 e. The SMILES string of the molecule is COc1ccc(Cn2ncc(NC(=O)Cc3ccc(C4(F)COC4)cc3)n2)cc1F. The van der Waals surface area contributed by atoms with Gasteiger partial charge in [0.05, 0.1) is 39.5 Å². The van der Waals surface area contributed by atoms with Gasteiger partial charge in [0.2, 0.25) is 5.91 Å². The smallest absolute Gasteiger partial charge is 0.230 e. The molecule has 7 nitrogen and oxygen atoms in total. The molecule has 0 unspecified atom stereocenters. The lowest BCUT2D eigenvalue weighted by molar-refractivity contribution is -0.135. The Labute approximate surface area is 171 Å². The van der Waals surface area contributed by atoms with E-state index in [0.29, 0.717) is 16.9 Å². The van der Waals surface area contributed by atoms with Crippen molar-refractivity contribution in [2.24, 2.45) is 0 Å². The number of anilines is 1. The molecule has 4 rings (SSSR count). The molecule has 0 aliphatic carbocycles. The fourth-order valence-corrected chi connectivity index (χ4v) is 3.14. The predicted octanol–water partition coefficient (Wildman–Crippen LogP) is 2.85. The van der Waals surface area contributed by atoms with Crippen molar-refractivity contribution in [2.45, 2.75) is 18.6 Å². The van der Waals surface area contributed by atoms with Crippen LogP contribution in [0.25, 0.3) is 0 Å². The highest BCUT2D eigenvalue weighted by molar-refractivity contribution is 5.91. The van der Waals surface area contributed by atoms with Gasteiger partial charge in [0, 0.05) is 0 Å². The summed E-state index contributed by atoms with van der Waals surface area (Å²) < 4.78 is 37.9.